The van der Waals surface area contributed by atoms with Gasteiger partial charge in [-0.2, -0.15) is 0 Å². The van der Waals surface area contributed by atoms with E-state index in [9.17, 15) is 0 Å². The molecule has 1 fully saturated rings. The van der Waals surface area contributed by atoms with Gasteiger partial charge in [0.1, 0.15) is 0 Å². The molecule has 0 unspecified atom stereocenters. The van der Waals surface area contributed by atoms with Crippen LogP contribution >= 0.6 is 0 Å². The van der Waals surface area contributed by atoms with Gasteiger partial charge in [-0.25, -0.2) is 0 Å². The monoisotopic (exact) mass is 261 g/mol. The van der Waals surface area contributed by atoms with Gasteiger partial charge in [-0.05, 0) is 45.4 Å². The van der Waals surface area contributed by atoms with Gasteiger partial charge in [0.25, 0.3) is 0 Å². The summed E-state index contributed by atoms with van der Waals surface area (Å²) in [5, 5.41) is 3.42. The van der Waals surface area contributed by atoms with E-state index in [2.05, 4.69) is 56.1 Å². The van der Waals surface area contributed by atoms with Crippen LogP contribution in [0, 0.1) is 0 Å². The molecule has 1 aliphatic rings. The number of hydrogen-bond donors (Lipinski definition) is 1. The summed E-state index contributed by atoms with van der Waals surface area (Å²) in [4.78, 5) is 7.32. The molecule has 0 bridgehead atoms. The van der Waals surface area contributed by atoms with Gasteiger partial charge >= 0.3 is 0 Å². The highest BCUT2D eigenvalue weighted by atomic mass is 15.2. The van der Waals surface area contributed by atoms with Crippen molar-refractivity contribution in [3.05, 3.63) is 29.6 Å². The molecule has 1 saturated heterocycles. The third-order valence-electron chi connectivity index (χ3n) is 3.98. The largest absolute Gasteiger partial charge is 0.309 e. The molecule has 0 radical (unpaired) electrons. The van der Waals surface area contributed by atoms with Crippen LogP contribution in [0.1, 0.15) is 51.9 Å². The van der Waals surface area contributed by atoms with Gasteiger partial charge in [-0.15, -0.1) is 0 Å². The van der Waals surface area contributed by atoms with E-state index in [-0.39, 0.29) is 0 Å². The molecule has 1 aromatic heterocycles. The number of pyridine rings is 1. The van der Waals surface area contributed by atoms with Crippen LogP contribution in [0.2, 0.25) is 0 Å². The number of likely N-dealkylation sites (tertiary alicyclic amines) is 1. The standard InChI is InChI=1S/C16H27N3/c1-13(2)17-11-14-7-5-8-15(18-14)12-19-10-6-9-16(19,3)4/h5,7-8,13,17H,6,9-12H2,1-4H3. The van der Waals surface area contributed by atoms with Crippen molar-refractivity contribution < 1.29 is 0 Å². The molecule has 0 aromatic carbocycles. The quantitative estimate of drug-likeness (QED) is 0.883. The van der Waals surface area contributed by atoms with Crippen LogP contribution in [-0.4, -0.2) is 28.0 Å². The van der Waals surface area contributed by atoms with Gasteiger partial charge in [-0.1, -0.05) is 19.9 Å². The minimum atomic E-state index is 0.327. The highest BCUT2D eigenvalue weighted by Crippen LogP contribution is 2.29. The van der Waals surface area contributed by atoms with E-state index in [1.165, 1.54) is 25.1 Å². The summed E-state index contributed by atoms with van der Waals surface area (Å²) in [6.07, 6.45) is 2.60. The Morgan fingerprint density at radius 2 is 2.05 bits per heavy atom. The zero-order chi connectivity index (χ0) is 13.9. The number of nitrogens with one attached hydrogen (secondary N) is 1. The Labute approximate surface area is 117 Å². The van der Waals surface area contributed by atoms with Crippen LogP contribution < -0.4 is 5.32 Å². The van der Waals surface area contributed by atoms with Crippen LogP contribution in [-0.2, 0) is 13.1 Å². The van der Waals surface area contributed by atoms with E-state index in [4.69, 9.17) is 4.98 Å². The first-order chi connectivity index (χ1) is 8.97. The Morgan fingerprint density at radius 1 is 1.32 bits per heavy atom. The Bertz CT molecular complexity index is 412. The summed E-state index contributed by atoms with van der Waals surface area (Å²) in [5.74, 6) is 0. The van der Waals surface area contributed by atoms with Crippen molar-refractivity contribution in [2.45, 2.75) is 65.2 Å². The van der Waals surface area contributed by atoms with E-state index >= 15 is 0 Å². The zero-order valence-corrected chi connectivity index (χ0v) is 12.7. The molecule has 1 aromatic rings. The SMILES string of the molecule is CC(C)NCc1cccc(CN2CCCC2(C)C)n1. The maximum absolute atomic E-state index is 4.77. The van der Waals surface area contributed by atoms with Gasteiger partial charge in [0.15, 0.2) is 0 Å². The van der Waals surface area contributed by atoms with E-state index in [1.807, 2.05) is 0 Å². The lowest BCUT2D eigenvalue weighted by Crippen LogP contribution is -2.37. The normalized spacial score (nSPS) is 19.2. The first kappa shape index (κ1) is 14.5. The Balaban J connectivity index is 1.99. The van der Waals surface area contributed by atoms with Gasteiger partial charge in [0.2, 0.25) is 0 Å². The Kier molecular flexibility index (Phi) is 4.58. The third-order valence-corrected chi connectivity index (χ3v) is 3.98. The molecular weight excluding hydrogens is 234 g/mol. The van der Waals surface area contributed by atoms with Crippen molar-refractivity contribution in [2.24, 2.45) is 0 Å². The summed E-state index contributed by atoms with van der Waals surface area (Å²) in [6, 6.07) is 6.88. The van der Waals surface area contributed by atoms with Gasteiger partial charge in [0.05, 0.1) is 11.4 Å². The zero-order valence-electron chi connectivity index (χ0n) is 12.7. The fraction of sp³-hybridized carbons (Fsp3) is 0.688. The molecule has 0 spiro atoms. The van der Waals surface area contributed by atoms with Crippen LogP contribution in [0.25, 0.3) is 0 Å². The van der Waals surface area contributed by atoms with Gasteiger partial charge in [0, 0.05) is 24.7 Å². The fourth-order valence-corrected chi connectivity index (χ4v) is 2.68. The molecule has 1 N–H and O–H groups in total. The third kappa shape index (κ3) is 4.02. The molecular formula is C16H27N3. The second kappa shape index (κ2) is 6.02. The van der Waals surface area contributed by atoms with Crippen molar-refractivity contribution >= 4 is 0 Å². The lowest BCUT2D eigenvalue weighted by Gasteiger charge is -2.31. The van der Waals surface area contributed by atoms with E-state index in [0.29, 0.717) is 11.6 Å². The number of rotatable bonds is 5. The molecule has 3 nitrogen and oxygen atoms in total. The Hall–Kier alpha value is -0.930. The fourth-order valence-electron chi connectivity index (χ4n) is 2.68. The second-order valence-electron chi connectivity index (χ2n) is 6.49. The van der Waals surface area contributed by atoms with E-state index < -0.39 is 0 Å². The summed E-state index contributed by atoms with van der Waals surface area (Å²) in [6.45, 7) is 12.0. The van der Waals surface area contributed by atoms with Crippen molar-refractivity contribution in [1.29, 1.82) is 0 Å². The summed E-state index contributed by atoms with van der Waals surface area (Å²) in [5.41, 5.74) is 2.66. The van der Waals surface area contributed by atoms with Crippen molar-refractivity contribution in [2.75, 3.05) is 6.54 Å². The minimum absolute atomic E-state index is 0.327. The summed E-state index contributed by atoms with van der Waals surface area (Å²) >= 11 is 0. The lowest BCUT2D eigenvalue weighted by molar-refractivity contribution is 0.164. The summed E-state index contributed by atoms with van der Waals surface area (Å²) in [7, 11) is 0. The molecule has 3 heteroatoms. The molecule has 0 amide bonds. The van der Waals surface area contributed by atoms with E-state index in [1.54, 1.807) is 0 Å². The maximum Gasteiger partial charge on any atom is 0.0548 e. The molecule has 0 aliphatic carbocycles. The highest BCUT2D eigenvalue weighted by Gasteiger charge is 2.31. The number of aromatic nitrogens is 1. The van der Waals surface area contributed by atoms with Crippen LogP contribution in [0.5, 0.6) is 0 Å². The predicted molar refractivity (Wildman–Crippen MR) is 79.9 cm³/mol. The van der Waals surface area contributed by atoms with Gasteiger partial charge in [-0.3, -0.25) is 9.88 Å². The number of nitrogens with zero attached hydrogens (tertiary/aromatic N) is 2. The lowest BCUT2D eigenvalue weighted by atomic mass is 10.0. The molecule has 106 valence electrons. The van der Waals surface area contributed by atoms with Gasteiger partial charge < -0.3 is 5.32 Å². The van der Waals surface area contributed by atoms with Crippen molar-refractivity contribution in [1.82, 2.24) is 15.2 Å². The second-order valence-corrected chi connectivity index (χ2v) is 6.49. The van der Waals surface area contributed by atoms with Crippen molar-refractivity contribution in [3.63, 3.8) is 0 Å². The minimum Gasteiger partial charge on any atom is -0.309 e. The van der Waals surface area contributed by atoms with Crippen LogP contribution in [0.3, 0.4) is 0 Å². The molecule has 0 atom stereocenters. The van der Waals surface area contributed by atoms with Crippen LogP contribution in [0.4, 0.5) is 0 Å². The molecule has 2 rings (SSSR count). The first-order valence-electron chi connectivity index (χ1n) is 7.40. The first-order valence-corrected chi connectivity index (χ1v) is 7.40. The molecule has 19 heavy (non-hydrogen) atoms. The average molecular weight is 261 g/mol. The Morgan fingerprint density at radius 3 is 2.68 bits per heavy atom. The average Bonchev–Trinajstić information content (AvgIpc) is 2.67. The molecule has 2 heterocycles. The van der Waals surface area contributed by atoms with Crippen molar-refractivity contribution in [3.8, 4) is 0 Å². The summed E-state index contributed by atoms with van der Waals surface area (Å²) < 4.78 is 0. The smallest absolute Gasteiger partial charge is 0.0548 e. The topological polar surface area (TPSA) is 28.2 Å². The predicted octanol–water partition coefficient (Wildman–Crippen LogP) is 2.95. The highest BCUT2D eigenvalue weighted by molar-refractivity contribution is 5.12. The molecule has 0 saturated carbocycles. The van der Waals surface area contributed by atoms with E-state index in [0.717, 1.165) is 18.8 Å². The molecule has 1 aliphatic heterocycles. The maximum atomic E-state index is 4.77. The van der Waals surface area contributed by atoms with Crippen LogP contribution in [0.15, 0.2) is 18.2 Å². The number of hydrogen-bond acceptors (Lipinski definition) is 3.